The summed E-state index contributed by atoms with van der Waals surface area (Å²) in [5.74, 6) is -2.39. The number of quaternary nitrogens is 1. The molecule has 0 amide bonds. The number of aliphatic carboxylic acids is 1. The van der Waals surface area contributed by atoms with Crippen LogP contribution in [0.5, 0.6) is 0 Å². The molecule has 9 nitrogen and oxygen atoms in total. The van der Waals surface area contributed by atoms with E-state index in [-0.39, 0.29) is 32.7 Å². The van der Waals surface area contributed by atoms with Crippen LogP contribution in [0.15, 0.2) is 219 Å². The minimum atomic E-state index is -1.65. The van der Waals surface area contributed by atoms with Crippen molar-refractivity contribution in [2.75, 3.05) is 47.5 Å². The van der Waals surface area contributed by atoms with Crippen molar-refractivity contribution in [2.24, 2.45) is 0 Å². The highest BCUT2D eigenvalue weighted by molar-refractivity contribution is 5.70. The van der Waals surface area contributed by atoms with Crippen LogP contribution in [0.2, 0.25) is 0 Å². The van der Waals surface area contributed by atoms with Crippen LogP contribution in [-0.4, -0.2) is 82.3 Å². The van der Waals surface area contributed by atoms with Crippen molar-refractivity contribution in [3.8, 4) is 0 Å². The summed E-state index contributed by atoms with van der Waals surface area (Å²) in [6.45, 7) is 4.41. The van der Waals surface area contributed by atoms with Gasteiger partial charge >= 0.3 is 11.9 Å². The first-order valence-corrected chi connectivity index (χ1v) is 33.9. The molecule has 0 rings (SSSR count). The number of carboxylic acids is 1. The SMILES string of the molecule is CC/C=C\C/C=C\C/C=C\C/C=C\C/C=C\C/C=C\C/C=C\C/C=C\C/C=C\C/C=C\CCCCCCCCC(=O)OC(COC(=O)CCCC/C=C\C/C=C\C/C=C\C/C=C\C/C=C\C/C=C\C/C=C\C/C=C\CC)COC(OCC[N+](C)(C)C)C(=O)[O-]. The van der Waals surface area contributed by atoms with E-state index in [0.717, 1.165) is 167 Å². The van der Waals surface area contributed by atoms with E-state index in [0.29, 0.717) is 23.9 Å². The van der Waals surface area contributed by atoms with Gasteiger partial charge in [0.05, 0.1) is 40.3 Å². The van der Waals surface area contributed by atoms with Gasteiger partial charge in [0.2, 0.25) is 0 Å². The lowest BCUT2D eigenvalue weighted by Gasteiger charge is -2.26. The van der Waals surface area contributed by atoms with Crippen LogP contribution in [0.3, 0.4) is 0 Å². The van der Waals surface area contributed by atoms with Crippen molar-refractivity contribution in [2.45, 2.75) is 219 Å². The fraction of sp³-hybridized carbons (Fsp3) is 0.512. The number of carbonyl (C=O) groups is 3. The Kier molecular flexibility index (Phi) is 62.7. The summed E-state index contributed by atoms with van der Waals surface area (Å²) in [4.78, 5) is 37.4. The first-order valence-electron chi connectivity index (χ1n) is 33.9. The van der Waals surface area contributed by atoms with Gasteiger partial charge in [0.1, 0.15) is 13.2 Å². The van der Waals surface area contributed by atoms with Crippen molar-refractivity contribution < 1.29 is 42.9 Å². The summed E-state index contributed by atoms with van der Waals surface area (Å²) in [5, 5.41) is 11.8. The monoisotopic (exact) mass is 1220 g/mol. The molecular weight excluding hydrogens is 1100 g/mol. The Morgan fingerprint density at radius 1 is 0.337 bits per heavy atom. The zero-order chi connectivity index (χ0) is 64.7. The summed E-state index contributed by atoms with van der Waals surface area (Å²) >= 11 is 0. The molecule has 0 radical (unpaired) electrons. The van der Waals surface area contributed by atoms with Gasteiger partial charge < -0.3 is 33.3 Å². The number of carboxylic acid groups (broad SMARTS) is 1. The van der Waals surface area contributed by atoms with Crippen LogP contribution >= 0.6 is 0 Å². The summed E-state index contributed by atoms with van der Waals surface area (Å²) in [6.07, 6.45) is 104. The lowest BCUT2D eigenvalue weighted by atomic mass is 10.1. The molecule has 0 spiro atoms. The molecule has 0 bridgehead atoms. The Balaban J connectivity index is 4.35. The third-order valence-corrected chi connectivity index (χ3v) is 13.2. The largest absolute Gasteiger partial charge is 0.545 e. The minimum absolute atomic E-state index is 0.124. The van der Waals surface area contributed by atoms with Crippen LogP contribution in [0.1, 0.15) is 206 Å². The average molecular weight is 1220 g/mol. The van der Waals surface area contributed by atoms with E-state index in [9.17, 15) is 19.5 Å². The Bertz CT molecular complexity index is 2260. The standard InChI is InChI=1S/C80H121NO8/c1-6-8-10-12-14-16-18-20-22-24-26-28-30-32-34-35-36-37-38-39-40-41-42-43-45-47-49-51-53-55-57-59-61-63-65-67-69-71-78(83)89-76(75-88-80(79(84)85)86-73-72-81(3,4)5)74-87-77(82)70-68-66-64-62-60-58-56-54-52-50-48-46-44-33-31-29-27-25-23-21-19-17-15-13-11-9-7-2/h8-11,14-17,20-23,26-29,32-34,36-37,39-40,42-44,47-50,53-56,60,62,76,80H,6-7,12-13,18-19,24-25,30-31,35,38,41,45-46,51-52,57-59,61,63-75H2,1-5H3/b10-8-,11-9-,16-14-,17-15-,22-20-,23-21-,28-26-,29-27-,34-32-,37-36-,40-39-,43-42-,44-33-,49-47-,50-48-,55-53-,56-54-,62-60-. The molecule has 0 aliphatic heterocycles. The molecule has 0 aliphatic rings. The molecule has 2 atom stereocenters. The summed E-state index contributed by atoms with van der Waals surface area (Å²) in [7, 11) is 5.89. The molecule has 494 valence electrons. The number of allylic oxidation sites excluding steroid dienone is 36. The van der Waals surface area contributed by atoms with Gasteiger partial charge in [-0.1, -0.05) is 258 Å². The molecule has 0 N–H and O–H groups in total. The van der Waals surface area contributed by atoms with Crippen molar-refractivity contribution in [1.82, 2.24) is 0 Å². The van der Waals surface area contributed by atoms with Gasteiger partial charge in [-0.3, -0.25) is 9.59 Å². The molecule has 0 aromatic heterocycles. The van der Waals surface area contributed by atoms with Crippen LogP contribution in [0.25, 0.3) is 0 Å². The zero-order valence-electron chi connectivity index (χ0n) is 56.2. The molecule has 0 saturated carbocycles. The Morgan fingerprint density at radius 2 is 0.607 bits per heavy atom. The van der Waals surface area contributed by atoms with Crippen molar-refractivity contribution in [3.05, 3.63) is 219 Å². The van der Waals surface area contributed by atoms with E-state index < -0.39 is 30.3 Å². The molecule has 0 fully saturated rings. The van der Waals surface area contributed by atoms with Gasteiger partial charge in [-0.2, -0.15) is 0 Å². The van der Waals surface area contributed by atoms with Crippen molar-refractivity contribution in [1.29, 1.82) is 0 Å². The first kappa shape index (κ1) is 82.6. The normalized spacial score (nSPS) is 14.1. The number of likely N-dealkylation sites (N-methyl/N-ethyl adjacent to an activating group) is 1. The summed E-state index contributed by atoms with van der Waals surface area (Å²) < 4.78 is 22.7. The smallest absolute Gasteiger partial charge is 0.306 e. The molecule has 2 unspecified atom stereocenters. The summed E-state index contributed by atoms with van der Waals surface area (Å²) in [6, 6.07) is 0. The van der Waals surface area contributed by atoms with Crippen LogP contribution in [0.4, 0.5) is 0 Å². The number of ether oxygens (including phenoxy) is 4. The second-order valence-electron chi connectivity index (χ2n) is 22.6. The quantitative estimate of drug-likeness (QED) is 0.0195. The number of carbonyl (C=O) groups excluding carboxylic acids is 3. The Morgan fingerprint density at radius 3 is 0.921 bits per heavy atom. The fourth-order valence-electron chi connectivity index (χ4n) is 8.11. The van der Waals surface area contributed by atoms with E-state index in [2.05, 4.69) is 233 Å². The molecule has 0 aromatic rings. The number of hydrogen-bond acceptors (Lipinski definition) is 8. The van der Waals surface area contributed by atoms with Gasteiger partial charge in [0.25, 0.3) is 0 Å². The molecule has 0 saturated heterocycles. The van der Waals surface area contributed by atoms with E-state index >= 15 is 0 Å². The average Bonchev–Trinajstić information content (AvgIpc) is 3.70. The van der Waals surface area contributed by atoms with E-state index in [1.807, 2.05) is 21.1 Å². The van der Waals surface area contributed by atoms with Gasteiger partial charge in [-0.25, -0.2) is 0 Å². The number of nitrogens with zero attached hydrogens (tertiary/aromatic N) is 1. The van der Waals surface area contributed by atoms with Gasteiger partial charge in [0, 0.05) is 12.8 Å². The van der Waals surface area contributed by atoms with Crippen LogP contribution in [-0.2, 0) is 33.3 Å². The van der Waals surface area contributed by atoms with Gasteiger partial charge in [-0.05, 0) is 154 Å². The highest BCUT2D eigenvalue weighted by atomic mass is 16.7. The first-order chi connectivity index (χ1) is 43.6. The highest BCUT2D eigenvalue weighted by Gasteiger charge is 2.22. The van der Waals surface area contributed by atoms with E-state index in [4.69, 9.17) is 18.9 Å². The van der Waals surface area contributed by atoms with Crippen molar-refractivity contribution in [3.63, 3.8) is 0 Å². The molecule has 0 aromatic carbocycles. The van der Waals surface area contributed by atoms with E-state index in [1.54, 1.807) is 0 Å². The molecule has 0 heterocycles. The van der Waals surface area contributed by atoms with Gasteiger partial charge in [-0.15, -0.1) is 0 Å². The molecule has 89 heavy (non-hydrogen) atoms. The summed E-state index contributed by atoms with van der Waals surface area (Å²) in [5.41, 5.74) is 0. The lowest BCUT2D eigenvalue weighted by molar-refractivity contribution is -0.870. The third kappa shape index (κ3) is 69.0. The number of unbranched alkanes of at least 4 members (excludes halogenated alkanes) is 8. The Hall–Kier alpha value is -6.39. The topological polar surface area (TPSA) is 111 Å². The minimum Gasteiger partial charge on any atom is -0.545 e. The Labute approximate surface area is 543 Å². The zero-order valence-corrected chi connectivity index (χ0v) is 56.2. The number of esters is 2. The second-order valence-corrected chi connectivity index (χ2v) is 22.6. The number of hydrogen-bond donors (Lipinski definition) is 0. The van der Waals surface area contributed by atoms with Gasteiger partial charge in [0.15, 0.2) is 12.4 Å². The molecular formula is C80H121NO8. The molecule has 9 heteroatoms. The van der Waals surface area contributed by atoms with Crippen LogP contribution in [0, 0.1) is 0 Å². The van der Waals surface area contributed by atoms with Crippen LogP contribution < -0.4 is 5.11 Å². The second kappa shape index (κ2) is 67.5. The predicted octanol–water partition coefficient (Wildman–Crippen LogP) is 20.0. The predicted molar refractivity (Wildman–Crippen MR) is 379 cm³/mol. The highest BCUT2D eigenvalue weighted by Crippen LogP contribution is 2.13. The molecule has 0 aliphatic carbocycles. The van der Waals surface area contributed by atoms with Crippen molar-refractivity contribution >= 4 is 17.9 Å². The number of rotatable bonds is 59. The maximum absolute atomic E-state index is 12.9. The maximum atomic E-state index is 12.9. The van der Waals surface area contributed by atoms with E-state index in [1.165, 1.54) is 0 Å². The maximum Gasteiger partial charge on any atom is 0.306 e. The lowest BCUT2D eigenvalue weighted by Crippen LogP contribution is -2.44. The third-order valence-electron chi connectivity index (χ3n) is 13.2. The fourth-order valence-corrected chi connectivity index (χ4v) is 8.11.